The Balaban J connectivity index is 1.97. The summed E-state index contributed by atoms with van der Waals surface area (Å²) in [6.07, 6.45) is 3.34. The van der Waals surface area contributed by atoms with Crippen LogP contribution in [0.3, 0.4) is 0 Å². The highest BCUT2D eigenvalue weighted by molar-refractivity contribution is 5.85. The van der Waals surface area contributed by atoms with Crippen LogP contribution in [0.25, 0.3) is 27.9 Å². The molecule has 114 valence electrons. The van der Waals surface area contributed by atoms with Gasteiger partial charge in [-0.05, 0) is 49.2 Å². The lowest BCUT2D eigenvalue weighted by Crippen LogP contribution is -1.95. The summed E-state index contributed by atoms with van der Waals surface area (Å²) >= 11 is 0. The van der Waals surface area contributed by atoms with Crippen molar-refractivity contribution in [1.82, 2.24) is 14.4 Å². The molecule has 3 heterocycles. The minimum Gasteiger partial charge on any atom is -0.389 e. The number of fused-ring (bicyclic) bond motifs is 2. The van der Waals surface area contributed by atoms with Crippen LogP contribution in [-0.4, -0.2) is 19.5 Å². The van der Waals surface area contributed by atoms with E-state index in [2.05, 4.69) is 18.0 Å². The van der Waals surface area contributed by atoms with E-state index in [1.807, 2.05) is 53.2 Å². The smallest absolute Gasteiger partial charge is 0.137 e. The zero-order chi connectivity index (χ0) is 16.0. The van der Waals surface area contributed by atoms with Crippen molar-refractivity contribution < 1.29 is 5.11 Å². The number of pyridine rings is 2. The third-order valence-electron chi connectivity index (χ3n) is 4.20. The molecule has 0 spiro atoms. The van der Waals surface area contributed by atoms with Crippen molar-refractivity contribution in [3.05, 3.63) is 66.0 Å². The van der Waals surface area contributed by atoms with Crippen LogP contribution in [0.15, 0.2) is 54.9 Å². The topological polar surface area (TPSA) is 50.4 Å². The van der Waals surface area contributed by atoms with E-state index in [4.69, 9.17) is 4.98 Å². The first-order chi connectivity index (χ1) is 11.1. The fourth-order valence-corrected chi connectivity index (χ4v) is 2.93. The zero-order valence-electron chi connectivity index (χ0n) is 13.1. The molecule has 4 nitrogen and oxygen atoms in total. The molecule has 4 aromatic rings. The number of rotatable bonds is 2. The third-order valence-corrected chi connectivity index (χ3v) is 4.20. The number of hydrogen-bond acceptors (Lipinski definition) is 3. The largest absolute Gasteiger partial charge is 0.389 e. The van der Waals surface area contributed by atoms with Gasteiger partial charge in [0.2, 0.25) is 0 Å². The normalized spacial score (nSPS) is 12.8. The summed E-state index contributed by atoms with van der Waals surface area (Å²) in [4.78, 5) is 9.23. The predicted molar refractivity (Wildman–Crippen MR) is 91.3 cm³/mol. The molecule has 1 atom stereocenters. The third kappa shape index (κ3) is 2.28. The van der Waals surface area contributed by atoms with Gasteiger partial charge in [-0.3, -0.25) is 4.40 Å². The van der Waals surface area contributed by atoms with Gasteiger partial charge in [0, 0.05) is 11.6 Å². The molecule has 0 bridgehead atoms. The van der Waals surface area contributed by atoms with Crippen molar-refractivity contribution in [3.8, 4) is 11.4 Å². The van der Waals surface area contributed by atoms with Gasteiger partial charge in [0.05, 0.1) is 29.2 Å². The Morgan fingerprint density at radius 1 is 1.13 bits per heavy atom. The first-order valence-electron chi connectivity index (χ1n) is 7.65. The van der Waals surface area contributed by atoms with Crippen molar-refractivity contribution in [1.29, 1.82) is 0 Å². The first-order valence-corrected chi connectivity index (χ1v) is 7.65. The van der Waals surface area contributed by atoms with Gasteiger partial charge < -0.3 is 5.11 Å². The molecule has 0 aliphatic rings. The molecule has 0 saturated carbocycles. The summed E-state index contributed by atoms with van der Waals surface area (Å²) in [5.41, 5.74) is 5.68. The SMILES string of the molecule is Cc1cc(-c2cnc3ccccn23)nc2cc(C(C)O)ccc12. The highest BCUT2D eigenvalue weighted by Crippen LogP contribution is 2.27. The van der Waals surface area contributed by atoms with Gasteiger partial charge in [-0.25, -0.2) is 9.97 Å². The Labute approximate surface area is 134 Å². The quantitative estimate of drug-likeness (QED) is 0.611. The number of aliphatic hydroxyl groups is 1. The van der Waals surface area contributed by atoms with Crippen LogP contribution >= 0.6 is 0 Å². The molecular formula is C19H17N3O. The van der Waals surface area contributed by atoms with E-state index in [9.17, 15) is 5.11 Å². The molecule has 3 aromatic heterocycles. The standard InChI is InChI=1S/C19H17N3O/c1-12-9-17(18-11-20-19-5-3-4-8-22(18)19)21-16-10-14(13(2)23)6-7-15(12)16/h3-11,13,23H,1-2H3. The molecule has 0 aliphatic heterocycles. The molecule has 4 rings (SSSR count). The Bertz CT molecular complexity index is 1020. The molecule has 1 N–H and O–H groups in total. The van der Waals surface area contributed by atoms with E-state index in [-0.39, 0.29) is 0 Å². The Morgan fingerprint density at radius 2 is 2.00 bits per heavy atom. The average Bonchev–Trinajstić information content (AvgIpc) is 2.98. The van der Waals surface area contributed by atoms with Crippen molar-refractivity contribution >= 4 is 16.6 Å². The summed E-state index contributed by atoms with van der Waals surface area (Å²) in [5, 5.41) is 10.9. The molecule has 23 heavy (non-hydrogen) atoms. The van der Waals surface area contributed by atoms with Gasteiger partial charge in [-0.1, -0.05) is 18.2 Å². The van der Waals surface area contributed by atoms with Crippen LogP contribution in [0.5, 0.6) is 0 Å². The van der Waals surface area contributed by atoms with E-state index in [0.29, 0.717) is 0 Å². The highest BCUT2D eigenvalue weighted by atomic mass is 16.3. The fourth-order valence-electron chi connectivity index (χ4n) is 2.93. The molecule has 0 aliphatic carbocycles. The maximum Gasteiger partial charge on any atom is 0.137 e. The van der Waals surface area contributed by atoms with E-state index in [1.54, 1.807) is 6.92 Å². The van der Waals surface area contributed by atoms with Gasteiger partial charge in [-0.15, -0.1) is 0 Å². The molecule has 0 saturated heterocycles. The number of aryl methyl sites for hydroxylation is 1. The number of aromatic nitrogens is 3. The molecule has 4 heteroatoms. The second kappa shape index (κ2) is 5.18. The summed E-state index contributed by atoms with van der Waals surface area (Å²) in [5.74, 6) is 0. The van der Waals surface area contributed by atoms with Crippen LogP contribution < -0.4 is 0 Å². The average molecular weight is 303 g/mol. The van der Waals surface area contributed by atoms with Crippen molar-refractivity contribution in [2.24, 2.45) is 0 Å². The summed E-state index contributed by atoms with van der Waals surface area (Å²) < 4.78 is 2.03. The minimum atomic E-state index is -0.499. The second-order valence-corrected chi connectivity index (χ2v) is 5.85. The van der Waals surface area contributed by atoms with Crippen molar-refractivity contribution in [2.45, 2.75) is 20.0 Å². The lowest BCUT2D eigenvalue weighted by molar-refractivity contribution is 0.199. The van der Waals surface area contributed by atoms with Gasteiger partial charge in [0.15, 0.2) is 0 Å². The lowest BCUT2D eigenvalue weighted by atomic mass is 10.0. The second-order valence-electron chi connectivity index (χ2n) is 5.85. The maximum atomic E-state index is 9.81. The Hall–Kier alpha value is -2.72. The van der Waals surface area contributed by atoms with E-state index in [1.165, 1.54) is 0 Å². The highest BCUT2D eigenvalue weighted by Gasteiger charge is 2.11. The summed E-state index contributed by atoms with van der Waals surface area (Å²) in [6.45, 7) is 3.85. The Kier molecular flexibility index (Phi) is 3.13. The van der Waals surface area contributed by atoms with Crippen molar-refractivity contribution in [2.75, 3.05) is 0 Å². The van der Waals surface area contributed by atoms with Crippen LogP contribution in [0.1, 0.15) is 24.2 Å². The monoisotopic (exact) mass is 303 g/mol. The van der Waals surface area contributed by atoms with Crippen molar-refractivity contribution in [3.63, 3.8) is 0 Å². The number of benzene rings is 1. The molecule has 0 radical (unpaired) electrons. The van der Waals surface area contributed by atoms with Gasteiger partial charge in [0.1, 0.15) is 5.65 Å². The predicted octanol–water partition coefficient (Wildman–Crippen LogP) is 3.91. The summed E-state index contributed by atoms with van der Waals surface area (Å²) in [7, 11) is 0. The number of hydrogen-bond donors (Lipinski definition) is 1. The summed E-state index contributed by atoms with van der Waals surface area (Å²) in [6, 6.07) is 14.0. The number of nitrogens with zero attached hydrogens (tertiary/aromatic N) is 3. The van der Waals surface area contributed by atoms with E-state index < -0.39 is 6.10 Å². The van der Waals surface area contributed by atoms with Crippen LogP contribution in [-0.2, 0) is 0 Å². The Morgan fingerprint density at radius 3 is 2.83 bits per heavy atom. The number of aliphatic hydroxyl groups excluding tert-OH is 1. The van der Waals surface area contributed by atoms with Gasteiger partial charge in [-0.2, -0.15) is 0 Å². The van der Waals surface area contributed by atoms with Crippen LogP contribution in [0.4, 0.5) is 0 Å². The number of imidazole rings is 1. The van der Waals surface area contributed by atoms with Gasteiger partial charge in [0.25, 0.3) is 0 Å². The zero-order valence-corrected chi connectivity index (χ0v) is 13.1. The van der Waals surface area contributed by atoms with E-state index in [0.717, 1.165) is 39.1 Å². The maximum absolute atomic E-state index is 9.81. The molecule has 1 aromatic carbocycles. The molecular weight excluding hydrogens is 286 g/mol. The van der Waals surface area contributed by atoms with Crippen LogP contribution in [0.2, 0.25) is 0 Å². The lowest BCUT2D eigenvalue weighted by Gasteiger charge is -2.10. The molecule has 0 fully saturated rings. The fraction of sp³-hybridized carbons (Fsp3) is 0.158. The minimum absolute atomic E-state index is 0.499. The molecule has 0 amide bonds. The molecule has 1 unspecified atom stereocenters. The van der Waals surface area contributed by atoms with Gasteiger partial charge >= 0.3 is 0 Å². The first kappa shape index (κ1) is 13.9. The van der Waals surface area contributed by atoms with Crippen LogP contribution in [0, 0.1) is 6.92 Å². The van der Waals surface area contributed by atoms with E-state index >= 15 is 0 Å².